The molecule has 1 N–H and O–H groups in total. The Morgan fingerprint density at radius 1 is 0.853 bits per heavy atom. The third-order valence-electron chi connectivity index (χ3n) is 5.27. The van der Waals surface area contributed by atoms with Gasteiger partial charge in [0, 0.05) is 0 Å². The Kier molecular flexibility index (Phi) is 7.36. The fourth-order valence-corrected chi connectivity index (χ4v) is 5.65. The van der Waals surface area contributed by atoms with Crippen LogP contribution in [0.3, 0.4) is 0 Å². The quantitative estimate of drug-likeness (QED) is 0.227. The largest absolute Gasteiger partial charge is 0.448 e. The molecule has 0 saturated carbocycles. The standard InChI is InChI=1S/C26H27F2O4S2/c1-18-6-12-22(13-7-18)33(23-14-8-20(9-15-23)25(3,4)5)24-16-10-21(11-17-24)32-19(2)26(27,28)34(29,30)31/h6-17,19H,2H2,1,3-5H3/q+1/p+1. The summed E-state index contributed by atoms with van der Waals surface area (Å²) in [6.45, 7) is 11.5. The predicted octanol–water partition coefficient (Wildman–Crippen LogP) is 6.45. The monoisotopic (exact) mass is 506 g/mol. The zero-order chi connectivity index (χ0) is 25.3. The van der Waals surface area contributed by atoms with Gasteiger partial charge in [0.15, 0.2) is 14.7 Å². The van der Waals surface area contributed by atoms with E-state index in [9.17, 15) is 17.2 Å². The van der Waals surface area contributed by atoms with Crippen molar-refractivity contribution in [2.24, 2.45) is 0 Å². The topological polar surface area (TPSA) is 63.6 Å². The molecule has 0 aliphatic rings. The lowest BCUT2D eigenvalue weighted by Gasteiger charge is -2.19. The smallest absolute Gasteiger partial charge is 0.444 e. The van der Waals surface area contributed by atoms with Gasteiger partial charge in [-0.15, -0.1) is 0 Å². The van der Waals surface area contributed by atoms with Crippen LogP contribution in [0.15, 0.2) is 87.5 Å². The van der Waals surface area contributed by atoms with E-state index in [-0.39, 0.29) is 11.2 Å². The molecule has 2 atom stereocenters. The van der Waals surface area contributed by atoms with Crippen LogP contribution in [0.4, 0.5) is 8.78 Å². The second-order valence-electron chi connectivity index (χ2n) is 9.01. The van der Waals surface area contributed by atoms with Gasteiger partial charge in [0.1, 0.15) is 12.7 Å². The SMILES string of the molecule is [CH2+]C(Oc1ccc([S+](c2ccc(C)cc2)c2ccc(C(C)(C)C)cc2)cc1)C(F)(F)S(=O)(=O)O. The fraction of sp³-hybridized carbons (Fsp3) is 0.269. The molecule has 4 nitrogen and oxygen atoms in total. The second-order valence-corrected chi connectivity index (χ2v) is 12.5. The summed E-state index contributed by atoms with van der Waals surface area (Å²) >= 11 is 0. The molecule has 0 heterocycles. The summed E-state index contributed by atoms with van der Waals surface area (Å²) in [5.74, 6) is 0.0163. The molecule has 34 heavy (non-hydrogen) atoms. The zero-order valence-electron chi connectivity index (χ0n) is 19.5. The molecule has 180 valence electrons. The summed E-state index contributed by atoms with van der Waals surface area (Å²) in [5.41, 5.74) is 2.38. The highest BCUT2D eigenvalue weighted by atomic mass is 32.2. The first-order valence-corrected chi connectivity index (χ1v) is 13.2. The Morgan fingerprint density at radius 3 is 1.68 bits per heavy atom. The van der Waals surface area contributed by atoms with Crippen molar-refractivity contribution in [2.45, 2.75) is 59.2 Å². The van der Waals surface area contributed by atoms with Crippen LogP contribution >= 0.6 is 0 Å². The number of hydrogen-bond acceptors (Lipinski definition) is 3. The van der Waals surface area contributed by atoms with Gasteiger partial charge in [-0.3, -0.25) is 4.55 Å². The average molecular weight is 507 g/mol. The molecule has 2 unspecified atom stereocenters. The van der Waals surface area contributed by atoms with Crippen LogP contribution in [0.2, 0.25) is 0 Å². The Hall–Kier alpha value is -2.55. The van der Waals surface area contributed by atoms with E-state index in [2.05, 4.69) is 64.1 Å². The van der Waals surface area contributed by atoms with Crippen molar-refractivity contribution in [1.82, 2.24) is 0 Å². The third-order valence-corrected chi connectivity index (χ3v) is 8.45. The Labute approximate surface area is 203 Å². The molecule has 0 saturated heterocycles. The zero-order valence-corrected chi connectivity index (χ0v) is 21.1. The molecular formula is C26H28F2O4S2+2. The van der Waals surface area contributed by atoms with Crippen molar-refractivity contribution in [3.8, 4) is 5.75 Å². The van der Waals surface area contributed by atoms with Gasteiger partial charge in [0.05, 0.1) is 10.9 Å². The van der Waals surface area contributed by atoms with Crippen molar-refractivity contribution in [1.29, 1.82) is 0 Å². The molecule has 0 aliphatic heterocycles. The molecule has 0 amide bonds. The molecule has 0 fully saturated rings. The highest BCUT2D eigenvalue weighted by molar-refractivity contribution is 7.97. The first-order chi connectivity index (χ1) is 15.7. The molecule has 0 bridgehead atoms. The van der Waals surface area contributed by atoms with Crippen LogP contribution in [-0.4, -0.2) is 24.3 Å². The van der Waals surface area contributed by atoms with Gasteiger partial charge in [0.2, 0.25) is 0 Å². The highest BCUT2D eigenvalue weighted by Gasteiger charge is 2.56. The lowest BCUT2D eigenvalue weighted by atomic mass is 9.87. The number of rotatable bonds is 7. The van der Waals surface area contributed by atoms with Crippen molar-refractivity contribution in [3.63, 3.8) is 0 Å². The fourth-order valence-electron chi connectivity index (χ4n) is 3.23. The van der Waals surface area contributed by atoms with Gasteiger partial charge < -0.3 is 4.74 Å². The number of aryl methyl sites for hydroxylation is 1. The van der Waals surface area contributed by atoms with E-state index in [1.807, 2.05) is 19.1 Å². The van der Waals surface area contributed by atoms with Crippen molar-refractivity contribution in [3.05, 3.63) is 90.8 Å². The summed E-state index contributed by atoms with van der Waals surface area (Å²) < 4.78 is 63.2. The Bertz CT molecular complexity index is 1220. The molecule has 8 heteroatoms. The van der Waals surface area contributed by atoms with E-state index < -0.39 is 32.4 Å². The number of hydrogen-bond donors (Lipinski definition) is 1. The number of alkyl halides is 2. The van der Waals surface area contributed by atoms with Gasteiger partial charge in [-0.25, -0.2) is 0 Å². The number of ether oxygens (including phenoxy) is 1. The van der Waals surface area contributed by atoms with Crippen molar-refractivity contribution >= 4 is 21.0 Å². The van der Waals surface area contributed by atoms with E-state index in [0.717, 1.165) is 20.2 Å². The molecule has 3 aromatic rings. The minimum Gasteiger partial charge on any atom is -0.444 e. The lowest BCUT2D eigenvalue weighted by molar-refractivity contribution is -0.0108. The summed E-state index contributed by atoms with van der Waals surface area (Å²) in [5, 5.41) is -4.54. The lowest BCUT2D eigenvalue weighted by Crippen LogP contribution is -2.42. The summed E-state index contributed by atoms with van der Waals surface area (Å²) in [6, 6.07) is 23.2. The first-order valence-electron chi connectivity index (χ1n) is 10.6. The normalized spacial score (nSPS) is 14.4. The molecule has 0 radical (unpaired) electrons. The van der Waals surface area contributed by atoms with Crippen LogP contribution in [0, 0.1) is 13.8 Å². The molecule has 3 aromatic carbocycles. The maximum atomic E-state index is 13.8. The maximum absolute atomic E-state index is 13.8. The summed E-state index contributed by atoms with van der Waals surface area (Å²) in [4.78, 5) is 3.12. The van der Waals surface area contributed by atoms with Crippen LogP contribution in [0.1, 0.15) is 31.9 Å². The van der Waals surface area contributed by atoms with Crippen LogP contribution < -0.4 is 4.74 Å². The van der Waals surface area contributed by atoms with Crippen LogP contribution in [0.25, 0.3) is 0 Å². The van der Waals surface area contributed by atoms with Gasteiger partial charge >= 0.3 is 21.5 Å². The first kappa shape index (κ1) is 26.1. The molecule has 3 rings (SSSR count). The average Bonchev–Trinajstić information content (AvgIpc) is 2.75. The third kappa shape index (κ3) is 5.74. The Morgan fingerprint density at radius 2 is 1.26 bits per heavy atom. The predicted molar refractivity (Wildman–Crippen MR) is 131 cm³/mol. The van der Waals surface area contributed by atoms with Crippen LogP contribution in [0.5, 0.6) is 5.75 Å². The van der Waals surface area contributed by atoms with Crippen LogP contribution in [-0.2, 0) is 26.4 Å². The highest BCUT2D eigenvalue weighted by Crippen LogP contribution is 2.35. The molecular weight excluding hydrogens is 478 g/mol. The molecule has 0 aromatic heterocycles. The summed E-state index contributed by atoms with van der Waals surface area (Å²) in [7, 11) is -6.12. The van der Waals surface area contributed by atoms with E-state index in [0.29, 0.717) is 0 Å². The van der Waals surface area contributed by atoms with Gasteiger partial charge in [0.25, 0.3) is 0 Å². The second kappa shape index (κ2) is 9.60. The van der Waals surface area contributed by atoms with Gasteiger partial charge in [-0.05, 0) is 66.4 Å². The van der Waals surface area contributed by atoms with Gasteiger partial charge in [-0.2, -0.15) is 17.2 Å². The molecule has 0 aliphatic carbocycles. The van der Waals surface area contributed by atoms with E-state index in [4.69, 9.17) is 9.29 Å². The van der Waals surface area contributed by atoms with E-state index in [1.54, 1.807) is 12.1 Å². The minimum absolute atomic E-state index is 0.0163. The minimum atomic E-state index is -5.65. The van der Waals surface area contributed by atoms with Gasteiger partial charge in [-0.1, -0.05) is 50.6 Å². The van der Waals surface area contributed by atoms with E-state index >= 15 is 0 Å². The summed E-state index contributed by atoms with van der Waals surface area (Å²) in [6.07, 6.45) is -2.31. The van der Waals surface area contributed by atoms with Crippen molar-refractivity contribution in [2.75, 3.05) is 0 Å². The number of benzene rings is 3. The molecule has 0 spiro atoms. The van der Waals surface area contributed by atoms with E-state index in [1.165, 1.54) is 17.7 Å². The van der Waals surface area contributed by atoms with Crippen molar-refractivity contribution < 1.29 is 26.5 Å². The Balaban J connectivity index is 1.95. The maximum Gasteiger partial charge on any atom is 0.448 e. The number of halogens is 2.